The molecule has 3 heterocycles. The lowest BCUT2D eigenvalue weighted by molar-refractivity contribution is -0.108. The van der Waals surface area contributed by atoms with Crippen LogP contribution < -0.4 is 4.74 Å². The van der Waals surface area contributed by atoms with Crippen LogP contribution in [0.25, 0.3) is 22.3 Å². The third-order valence-corrected chi connectivity index (χ3v) is 4.84. The van der Waals surface area contributed by atoms with Crippen molar-refractivity contribution in [3.63, 3.8) is 0 Å². The van der Waals surface area contributed by atoms with Gasteiger partial charge >= 0.3 is 0 Å². The van der Waals surface area contributed by atoms with Gasteiger partial charge in [-0.05, 0) is 37.1 Å². The number of nitrogens with zero attached hydrogens (tertiary/aromatic N) is 4. The zero-order valence-corrected chi connectivity index (χ0v) is 16.1. The molecule has 0 atom stereocenters. The first-order valence-corrected chi connectivity index (χ1v) is 9.13. The van der Waals surface area contributed by atoms with Crippen molar-refractivity contribution in [1.82, 2.24) is 19.7 Å². The average Bonchev–Trinajstić information content (AvgIpc) is 3.30. The Labute approximate surface area is 166 Å². The fourth-order valence-corrected chi connectivity index (χ4v) is 3.35. The van der Waals surface area contributed by atoms with Gasteiger partial charge in [0.05, 0.1) is 19.3 Å². The SMILES string of the molecule is COc1ccc(CCc2nc3cc(-c4conc4C)cnc3n2CC=O)cc1F. The summed E-state index contributed by atoms with van der Waals surface area (Å²) in [5.74, 6) is 0.527. The molecule has 0 saturated carbocycles. The number of hydrogen-bond donors (Lipinski definition) is 0. The molecule has 4 rings (SSSR count). The van der Waals surface area contributed by atoms with Gasteiger partial charge in [-0.15, -0.1) is 0 Å². The number of aromatic nitrogens is 4. The highest BCUT2D eigenvalue weighted by Gasteiger charge is 2.15. The molecule has 148 valence electrons. The van der Waals surface area contributed by atoms with Gasteiger partial charge in [0.15, 0.2) is 17.2 Å². The maximum atomic E-state index is 13.9. The Hall–Kier alpha value is -3.55. The van der Waals surface area contributed by atoms with E-state index in [1.165, 1.54) is 13.2 Å². The van der Waals surface area contributed by atoms with Crippen molar-refractivity contribution in [3.05, 3.63) is 59.6 Å². The molecule has 0 bridgehead atoms. The highest BCUT2D eigenvalue weighted by atomic mass is 19.1. The van der Waals surface area contributed by atoms with Gasteiger partial charge in [-0.2, -0.15) is 0 Å². The van der Waals surface area contributed by atoms with E-state index in [1.807, 2.05) is 19.1 Å². The molecule has 0 N–H and O–H groups in total. The van der Waals surface area contributed by atoms with Crippen LogP contribution in [0.4, 0.5) is 4.39 Å². The molecule has 0 radical (unpaired) electrons. The number of rotatable bonds is 7. The summed E-state index contributed by atoms with van der Waals surface area (Å²) in [5.41, 5.74) is 4.59. The molecule has 0 aliphatic carbocycles. The summed E-state index contributed by atoms with van der Waals surface area (Å²) in [7, 11) is 1.43. The molecular formula is C21H19FN4O3. The van der Waals surface area contributed by atoms with E-state index >= 15 is 0 Å². The van der Waals surface area contributed by atoms with Crippen molar-refractivity contribution < 1.29 is 18.4 Å². The quantitative estimate of drug-likeness (QED) is 0.446. The summed E-state index contributed by atoms with van der Waals surface area (Å²) >= 11 is 0. The zero-order chi connectivity index (χ0) is 20.4. The minimum atomic E-state index is -0.401. The van der Waals surface area contributed by atoms with Crippen LogP contribution in [-0.4, -0.2) is 33.1 Å². The van der Waals surface area contributed by atoms with E-state index in [0.29, 0.717) is 24.0 Å². The summed E-state index contributed by atoms with van der Waals surface area (Å²) < 4.78 is 25.7. The smallest absolute Gasteiger partial charge is 0.165 e. The molecule has 0 aliphatic rings. The number of aryl methyl sites for hydroxylation is 3. The van der Waals surface area contributed by atoms with Crippen molar-refractivity contribution in [2.45, 2.75) is 26.3 Å². The molecule has 0 amide bonds. The van der Waals surface area contributed by atoms with Crippen LogP contribution >= 0.6 is 0 Å². The van der Waals surface area contributed by atoms with Crippen molar-refractivity contribution in [1.29, 1.82) is 0 Å². The Bertz CT molecular complexity index is 1180. The normalized spacial score (nSPS) is 11.1. The predicted molar refractivity (Wildman–Crippen MR) is 104 cm³/mol. The van der Waals surface area contributed by atoms with Crippen LogP contribution in [0.15, 0.2) is 41.2 Å². The monoisotopic (exact) mass is 394 g/mol. The number of halogens is 1. The predicted octanol–water partition coefficient (Wildman–Crippen LogP) is 3.53. The molecule has 0 spiro atoms. The van der Waals surface area contributed by atoms with E-state index in [1.54, 1.807) is 23.1 Å². The lowest BCUT2D eigenvalue weighted by Gasteiger charge is -2.07. The second-order valence-electron chi connectivity index (χ2n) is 6.65. The topological polar surface area (TPSA) is 83.0 Å². The highest BCUT2D eigenvalue weighted by Crippen LogP contribution is 2.26. The fourth-order valence-electron chi connectivity index (χ4n) is 3.35. The molecule has 29 heavy (non-hydrogen) atoms. The van der Waals surface area contributed by atoms with Crippen molar-refractivity contribution >= 4 is 17.5 Å². The Balaban J connectivity index is 1.66. The largest absolute Gasteiger partial charge is 0.494 e. The van der Waals surface area contributed by atoms with Gasteiger partial charge in [0.1, 0.15) is 23.9 Å². The minimum absolute atomic E-state index is 0.154. The van der Waals surface area contributed by atoms with E-state index < -0.39 is 5.82 Å². The van der Waals surface area contributed by atoms with Crippen LogP contribution in [0, 0.1) is 12.7 Å². The first-order chi connectivity index (χ1) is 14.1. The van der Waals surface area contributed by atoms with Gasteiger partial charge in [-0.25, -0.2) is 14.4 Å². The fraction of sp³-hybridized carbons (Fsp3) is 0.238. The highest BCUT2D eigenvalue weighted by molar-refractivity contribution is 5.79. The second-order valence-corrected chi connectivity index (χ2v) is 6.65. The minimum Gasteiger partial charge on any atom is -0.494 e. The van der Waals surface area contributed by atoms with Crippen LogP contribution in [0.5, 0.6) is 5.75 Å². The number of methoxy groups -OCH3 is 1. The second kappa shape index (κ2) is 7.83. The third-order valence-electron chi connectivity index (χ3n) is 4.84. The number of hydrogen-bond acceptors (Lipinski definition) is 6. The number of benzene rings is 1. The van der Waals surface area contributed by atoms with Gasteiger partial charge in [-0.1, -0.05) is 11.2 Å². The van der Waals surface area contributed by atoms with E-state index in [0.717, 1.165) is 34.5 Å². The van der Waals surface area contributed by atoms with E-state index in [2.05, 4.69) is 15.1 Å². The average molecular weight is 394 g/mol. The van der Waals surface area contributed by atoms with Crippen molar-refractivity contribution in [2.24, 2.45) is 0 Å². The lowest BCUT2D eigenvalue weighted by Crippen LogP contribution is -2.07. The number of aldehydes is 1. The van der Waals surface area contributed by atoms with Crippen molar-refractivity contribution in [3.8, 4) is 16.9 Å². The number of imidazole rings is 1. The van der Waals surface area contributed by atoms with Gasteiger partial charge in [0.2, 0.25) is 0 Å². The molecule has 0 aliphatic heterocycles. The third kappa shape index (κ3) is 3.61. The maximum absolute atomic E-state index is 13.9. The van der Waals surface area contributed by atoms with Crippen LogP contribution in [0.2, 0.25) is 0 Å². The summed E-state index contributed by atoms with van der Waals surface area (Å²) in [6.45, 7) is 2.01. The molecule has 1 aromatic carbocycles. The molecule has 4 aromatic rings. The van der Waals surface area contributed by atoms with Crippen LogP contribution in [0.3, 0.4) is 0 Å². The van der Waals surface area contributed by atoms with Crippen LogP contribution in [-0.2, 0) is 24.2 Å². The summed E-state index contributed by atoms with van der Waals surface area (Å²) in [6.07, 6.45) is 5.21. The Morgan fingerprint density at radius 3 is 2.83 bits per heavy atom. The van der Waals surface area contributed by atoms with E-state index in [-0.39, 0.29) is 12.3 Å². The van der Waals surface area contributed by atoms with Gasteiger partial charge in [0.25, 0.3) is 0 Å². The molecule has 8 heteroatoms. The standard InChI is InChI=1S/C21H19FN4O3/c1-13-16(12-29-25-13)15-10-18-21(23-11-15)26(7-8-27)20(24-18)6-4-14-3-5-19(28-2)17(22)9-14/h3,5,8-12H,4,6-7H2,1-2H3. The maximum Gasteiger partial charge on any atom is 0.165 e. The number of ether oxygens (including phenoxy) is 1. The van der Waals surface area contributed by atoms with Gasteiger partial charge < -0.3 is 18.6 Å². The first kappa shape index (κ1) is 18.8. The lowest BCUT2D eigenvalue weighted by atomic mass is 10.1. The van der Waals surface area contributed by atoms with E-state index in [9.17, 15) is 9.18 Å². The summed E-state index contributed by atoms with van der Waals surface area (Å²) in [5, 5.41) is 3.89. The molecular weight excluding hydrogens is 375 g/mol. The Kier molecular flexibility index (Phi) is 5.07. The van der Waals surface area contributed by atoms with Gasteiger partial charge in [0, 0.05) is 23.7 Å². The van der Waals surface area contributed by atoms with E-state index in [4.69, 9.17) is 9.26 Å². The molecule has 0 fully saturated rings. The molecule has 0 unspecified atom stereocenters. The number of fused-ring (bicyclic) bond motifs is 1. The number of carbonyl (C=O) groups excluding carboxylic acids is 1. The molecule has 7 nitrogen and oxygen atoms in total. The molecule has 0 saturated heterocycles. The van der Waals surface area contributed by atoms with Gasteiger partial charge in [-0.3, -0.25) is 0 Å². The Morgan fingerprint density at radius 2 is 2.14 bits per heavy atom. The zero-order valence-electron chi connectivity index (χ0n) is 16.1. The van der Waals surface area contributed by atoms with Crippen LogP contribution in [0.1, 0.15) is 17.1 Å². The summed E-state index contributed by atoms with van der Waals surface area (Å²) in [4.78, 5) is 20.4. The van der Waals surface area contributed by atoms with Crippen molar-refractivity contribution in [2.75, 3.05) is 7.11 Å². The number of carbonyl (C=O) groups is 1. The summed E-state index contributed by atoms with van der Waals surface area (Å²) in [6, 6.07) is 6.78. The molecule has 3 aromatic heterocycles. The Morgan fingerprint density at radius 1 is 1.28 bits per heavy atom. The first-order valence-electron chi connectivity index (χ1n) is 9.13. The number of pyridine rings is 1.